The summed E-state index contributed by atoms with van der Waals surface area (Å²) in [5.41, 5.74) is 18.2. The normalized spacial score (nSPS) is 11.7. The summed E-state index contributed by atoms with van der Waals surface area (Å²) in [5.74, 6) is 0.622. The topological polar surface area (TPSA) is 77.8 Å². The first-order valence-corrected chi connectivity index (χ1v) is 23.4. The maximum atomic E-state index is 6.15. The molecule has 0 N–H and O–H groups in total. The number of aromatic nitrogens is 4. The minimum absolute atomic E-state index is 0.622. The first kappa shape index (κ1) is 39.6. The van der Waals surface area contributed by atoms with Crippen molar-refractivity contribution >= 4 is 65.7 Å². The van der Waals surface area contributed by atoms with Crippen molar-refractivity contribution in [2.24, 2.45) is 0 Å². The summed E-state index contributed by atoms with van der Waals surface area (Å²) in [4.78, 5) is 20.5. The fourth-order valence-corrected chi connectivity index (χ4v) is 9.94. The van der Waals surface area contributed by atoms with Crippen molar-refractivity contribution < 1.29 is 8.83 Å². The number of hydrogen-bond acceptors (Lipinski definition) is 6. The van der Waals surface area contributed by atoms with E-state index in [0.717, 1.165) is 138 Å². The predicted molar refractivity (Wildman–Crippen MR) is 285 cm³/mol. The van der Waals surface area contributed by atoms with Crippen LogP contribution in [0.4, 0.5) is 0 Å². The summed E-state index contributed by atoms with van der Waals surface area (Å²) in [7, 11) is 0. The van der Waals surface area contributed by atoms with Crippen molar-refractivity contribution in [3.63, 3.8) is 0 Å². The number of benzene rings is 9. The van der Waals surface area contributed by atoms with Gasteiger partial charge in [0.2, 0.25) is 0 Å². The molecule has 0 amide bonds. The lowest BCUT2D eigenvalue weighted by Gasteiger charge is -2.14. The molecule has 14 aromatic rings. The van der Waals surface area contributed by atoms with Crippen LogP contribution in [0, 0.1) is 0 Å². The number of furan rings is 2. The van der Waals surface area contributed by atoms with Gasteiger partial charge in [0.1, 0.15) is 22.3 Å². The number of nitrogens with zero attached hydrogens (tertiary/aromatic N) is 4. The zero-order valence-electron chi connectivity index (χ0n) is 37.5. The third-order valence-electron chi connectivity index (χ3n) is 13.5. The molecule has 0 aliphatic heterocycles. The first-order valence-electron chi connectivity index (χ1n) is 23.4. The summed E-state index contributed by atoms with van der Waals surface area (Å²) in [5, 5.41) is 6.52. The highest BCUT2D eigenvalue weighted by atomic mass is 16.3. The maximum absolute atomic E-state index is 6.15. The van der Waals surface area contributed by atoms with E-state index in [9.17, 15) is 0 Å². The lowest BCUT2D eigenvalue weighted by atomic mass is 9.92. The van der Waals surface area contributed by atoms with Gasteiger partial charge in [0.15, 0.2) is 5.82 Å². The Morgan fingerprint density at radius 3 is 1.36 bits per heavy atom. The third kappa shape index (κ3) is 6.89. The van der Waals surface area contributed by atoms with Crippen molar-refractivity contribution in [3.8, 4) is 78.5 Å². The van der Waals surface area contributed by atoms with Gasteiger partial charge in [-0.2, -0.15) is 0 Å². The average Bonchev–Trinajstić information content (AvgIpc) is 4.01. The Hall–Kier alpha value is -9.52. The molecule has 5 heterocycles. The predicted octanol–water partition coefficient (Wildman–Crippen LogP) is 17.0. The van der Waals surface area contributed by atoms with Gasteiger partial charge in [0.05, 0.1) is 28.1 Å². The summed E-state index contributed by atoms with van der Waals surface area (Å²) < 4.78 is 12.3. The molecule has 0 unspecified atom stereocenters. The van der Waals surface area contributed by atoms with E-state index < -0.39 is 0 Å². The van der Waals surface area contributed by atoms with Crippen LogP contribution in [0.5, 0.6) is 0 Å². The van der Waals surface area contributed by atoms with E-state index in [-0.39, 0.29) is 0 Å². The summed E-state index contributed by atoms with van der Waals surface area (Å²) >= 11 is 0. The molecule has 0 atom stereocenters. The lowest BCUT2D eigenvalue weighted by Crippen LogP contribution is -1.98. The molecule has 6 heteroatoms. The molecular weight excluding hydrogens is 857 g/mol. The average molecular weight is 895 g/mol. The van der Waals surface area contributed by atoms with Crippen LogP contribution in [0.15, 0.2) is 239 Å². The molecule has 326 valence electrons. The zero-order valence-corrected chi connectivity index (χ0v) is 37.5. The van der Waals surface area contributed by atoms with E-state index >= 15 is 0 Å². The van der Waals surface area contributed by atoms with Gasteiger partial charge in [0, 0.05) is 49.6 Å². The second-order valence-electron chi connectivity index (χ2n) is 17.8. The van der Waals surface area contributed by atoms with E-state index in [0.29, 0.717) is 5.82 Å². The van der Waals surface area contributed by atoms with Gasteiger partial charge in [-0.05, 0) is 117 Å². The van der Waals surface area contributed by atoms with Crippen molar-refractivity contribution in [1.29, 1.82) is 0 Å². The smallest absolute Gasteiger partial charge is 0.160 e. The quantitative estimate of drug-likeness (QED) is 0.148. The van der Waals surface area contributed by atoms with Crippen molar-refractivity contribution in [3.05, 3.63) is 231 Å². The second-order valence-corrected chi connectivity index (χ2v) is 17.8. The molecule has 5 aromatic heterocycles. The standard InChI is InChI=1S/C64H38N4O2/c1-2-9-45(10-3-1)64-67-56(38-57(68-64)55-29-26-44-25-24-43-11-8-32-65-62(43)63(44)66-55)50-34-48(41-20-16-39(17-21-41)46-27-30-60-53(36-46)51-12-4-6-14-58(51)69-60)33-49(35-50)42-22-18-40(19-23-42)47-28-31-61-54(37-47)52-13-5-7-15-59(52)70-61/h1-38H. The Morgan fingerprint density at radius 2 is 0.743 bits per heavy atom. The van der Waals surface area contributed by atoms with Crippen LogP contribution in [0.25, 0.3) is 144 Å². The maximum Gasteiger partial charge on any atom is 0.160 e. The molecule has 70 heavy (non-hydrogen) atoms. The highest BCUT2D eigenvalue weighted by Gasteiger charge is 2.17. The number of rotatable bonds is 7. The van der Waals surface area contributed by atoms with E-state index in [1.165, 1.54) is 0 Å². The van der Waals surface area contributed by atoms with Gasteiger partial charge >= 0.3 is 0 Å². The zero-order chi connectivity index (χ0) is 46.1. The number of fused-ring (bicyclic) bond motifs is 9. The Morgan fingerprint density at radius 1 is 0.257 bits per heavy atom. The Kier molecular flexibility index (Phi) is 9.10. The van der Waals surface area contributed by atoms with Crippen molar-refractivity contribution in [1.82, 2.24) is 19.9 Å². The summed E-state index contributed by atoms with van der Waals surface area (Å²) in [6.07, 6.45) is 1.82. The molecule has 0 saturated carbocycles. The van der Waals surface area contributed by atoms with E-state index in [1.807, 2.05) is 60.8 Å². The first-order chi connectivity index (χ1) is 34.6. The molecule has 0 aliphatic carbocycles. The molecule has 6 nitrogen and oxygen atoms in total. The molecule has 0 fully saturated rings. The van der Waals surface area contributed by atoms with Crippen LogP contribution in [-0.2, 0) is 0 Å². The minimum Gasteiger partial charge on any atom is -0.456 e. The second kappa shape index (κ2) is 16.1. The van der Waals surface area contributed by atoms with Crippen LogP contribution < -0.4 is 0 Å². The van der Waals surface area contributed by atoms with Gasteiger partial charge in [0.25, 0.3) is 0 Å². The molecular formula is C64H38N4O2. The van der Waals surface area contributed by atoms with Gasteiger partial charge < -0.3 is 8.83 Å². The van der Waals surface area contributed by atoms with Gasteiger partial charge in [-0.1, -0.05) is 152 Å². The van der Waals surface area contributed by atoms with E-state index in [1.54, 1.807) is 0 Å². The van der Waals surface area contributed by atoms with Crippen molar-refractivity contribution in [2.75, 3.05) is 0 Å². The Balaban J connectivity index is 0.906. The van der Waals surface area contributed by atoms with E-state index in [4.69, 9.17) is 28.8 Å². The van der Waals surface area contributed by atoms with Gasteiger partial charge in [-0.15, -0.1) is 0 Å². The largest absolute Gasteiger partial charge is 0.456 e. The van der Waals surface area contributed by atoms with Crippen LogP contribution >= 0.6 is 0 Å². The fourth-order valence-electron chi connectivity index (χ4n) is 9.94. The Bertz CT molecular complexity index is 4170. The van der Waals surface area contributed by atoms with Crippen LogP contribution in [0.1, 0.15) is 0 Å². The van der Waals surface area contributed by atoms with Crippen LogP contribution in [-0.4, -0.2) is 19.9 Å². The molecule has 0 radical (unpaired) electrons. The molecule has 0 bridgehead atoms. The molecule has 14 rings (SSSR count). The number of para-hydroxylation sites is 2. The SMILES string of the molecule is c1ccc(-c2nc(-c3cc(-c4ccc(-c5ccc6oc7ccccc7c6c5)cc4)cc(-c4ccc(-c5ccc6oc7ccccc7c6c5)cc4)c3)cc(-c3ccc4ccc5cccnc5c4n3)n2)cc1. The summed E-state index contributed by atoms with van der Waals surface area (Å²) in [6, 6.07) is 78.4. The number of pyridine rings is 2. The highest BCUT2D eigenvalue weighted by Crippen LogP contribution is 2.39. The van der Waals surface area contributed by atoms with Gasteiger partial charge in [-0.3, -0.25) is 4.98 Å². The molecule has 9 aromatic carbocycles. The van der Waals surface area contributed by atoms with Crippen LogP contribution in [0.3, 0.4) is 0 Å². The minimum atomic E-state index is 0.622. The molecule has 0 spiro atoms. The summed E-state index contributed by atoms with van der Waals surface area (Å²) in [6.45, 7) is 0. The van der Waals surface area contributed by atoms with Crippen LogP contribution in [0.2, 0.25) is 0 Å². The molecule has 0 aliphatic rings. The van der Waals surface area contributed by atoms with Gasteiger partial charge in [-0.25, -0.2) is 15.0 Å². The monoisotopic (exact) mass is 894 g/mol. The Labute approximate surface area is 401 Å². The number of hydrogen-bond donors (Lipinski definition) is 0. The third-order valence-corrected chi connectivity index (χ3v) is 13.5. The lowest BCUT2D eigenvalue weighted by molar-refractivity contribution is 0.668. The van der Waals surface area contributed by atoms with E-state index in [2.05, 4.69) is 170 Å². The molecule has 0 saturated heterocycles. The van der Waals surface area contributed by atoms with Crippen molar-refractivity contribution in [2.45, 2.75) is 0 Å². The fraction of sp³-hybridized carbons (Fsp3) is 0. The highest BCUT2D eigenvalue weighted by molar-refractivity contribution is 6.08.